The van der Waals surface area contributed by atoms with Crippen LogP contribution in [0, 0.1) is 11.8 Å². The second kappa shape index (κ2) is 4.67. The number of nitrogens with zero attached hydrogens (tertiary/aromatic N) is 2. The van der Waals surface area contributed by atoms with Crippen molar-refractivity contribution < 1.29 is 9.59 Å². The molecule has 2 unspecified atom stereocenters. The molecular formula is C13H22N2O2. The lowest BCUT2D eigenvalue weighted by atomic mass is 9.96. The highest BCUT2D eigenvalue weighted by Gasteiger charge is 2.42. The molecule has 2 fully saturated rings. The van der Waals surface area contributed by atoms with E-state index in [1.165, 1.54) is 0 Å². The van der Waals surface area contributed by atoms with Crippen molar-refractivity contribution in [1.29, 1.82) is 0 Å². The molecule has 2 aliphatic heterocycles. The highest BCUT2D eigenvalue weighted by Crippen LogP contribution is 2.24. The standard InChI is InChI=1S/C13H22N2O2/c1-9(2)10(3)7-14-8-12(16)15-6-4-5-11(15)13(14)17/h9-11H,4-8H2,1-3H3. The summed E-state index contributed by atoms with van der Waals surface area (Å²) >= 11 is 0. The zero-order valence-electron chi connectivity index (χ0n) is 11.0. The van der Waals surface area contributed by atoms with Crippen molar-refractivity contribution in [2.75, 3.05) is 19.6 Å². The molecule has 0 aromatic rings. The predicted molar refractivity (Wildman–Crippen MR) is 65.3 cm³/mol. The SMILES string of the molecule is CC(C)C(C)CN1CC(=O)N2CCCC2C1=O. The van der Waals surface area contributed by atoms with Crippen molar-refractivity contribution >= 4 is 11.8 Å². The van der Waals surface area contributed by atoms with E-state index in [0.29, 0.717) is 18.4 Å². The van der Waals surface area contributed by atoms with Crippen molar-refractivity contribution in [3.63, 3.8) is 0 Å². The Bertz CT molecular complexity index is 327. The predicted octanol–water partition coefficient (Wildman–Crippen LogP) is 1.11. The number of carbonyl (C=O) groups is 2. The van der Waals surface area contributed by atoms with Crippen LogP contribution in [0.5, 0.6) is 0 Å². The Morgan fingerprint density at radius 3 is 2.65 bits per heavy atom. The van der Waals surface area contributed by atoms with Gasteiger partial charge in [-0.3, -0.25) is 9.59 Å². The Hall–Kier alpha value is -1.06. The van der Waals surface area contributed by atoms with Crippen LogP contribution < -0.4 is 0 Å². The first-order chi connectivity index (χ1) is 8.00. The van der Waals surface area contributed by atoms with Crippen molar-refractivity contribution in [1.82, 2.24) is 9.80 Å². The van der Waals surface area contributed by atoms with Crippen molar-refractivity contribution in [3.8, 4) is 0 Å². The number of rotatable bonds is 3. The van der Waals surface area contributed by atoms with Crippen LogP contribution in [0.1, 0.15) is 33.6 Å². The van der Waals surface area contributed by atoms with E-state index < -0.39 is 0 Å². The van der Waals surface area contributed by atoms with Crippen LogP contribution in [-0.4, -0.2) is 47.3 Å². The van der Waals surface area contributed by atoms with Gasteiger partial charge in [0.25, 0.3) is 0 Å². The summed E-state index contributed by atoms with van der Waals surface area (Å²) in [6, 6.07) is -0.157. The van der Waals surface area contributed by atoms with Gasteiger partial charge in [-0.25, -0.2) is 0 Å². The maximum atomic E-state index is 12.2. The number of hydrogen-bond acceptors (Lipinski definition) is 2. The fourth-order valence-electron chi connectivity index (χ4n) is 2.58. The third-order valence-electron chi connectivity index (χ3n) is 4.14. The van der Waals surface area contributed by atoms with Gasteiger partial charge in [0.05, 0.1) is 6.54 Å². The van der Waals surface area contributed by atoms with E-state index in [1.54, 1.807) is 9.80 Å². The molecule has 0 N–H and O–H groups in total. The molecule has 0 aliphatic carbocycles. The molecule has 2 saturated heterocycles. The van der Waals surface area contributed by atoms with Gasteiger partial charge < -0.3 is 9.80 Å². The molecule has 4 heteroatoms. The molecule has 0 radical (unpaired) electrons. The van der Waals surface area contributed by atoms with Gasteiger partial charge in [-0.15, -0.1) is 0 Å². The quantitative estimate of drug-likeness (QED) is 0.739. The number of amides is 2. The monoisotopic (exact) mass is 238 g/mol. The topological polar surface area (TPSA) is 40.6 Å². The smallest absolute Gasteiger partial charge is 0.245 e. The summed E-state index contributed by atoms with van der Waals surface area (Å²) in [6.45, 7) is 8.22. The molecule has 2 heterocycles. The lowest BCUT2D eigenvalue weighted by Gasteiger charge is -2.38. The summed E-state index contributed by atoms with van der Waals surface area (Å²) in [6.07, 6.45) is 1.81. The fourth-order valence-corrected chi connectivity index (χ4v) is 2.58. The lowest BCUT2D eigenvalue weighted by molar-refractivity contribution is -0.154. The molecule has 17 heavy (non-hydrogen) atoms. The Morgan fingerprint density at radius 2 is 2.00 bits per heavy atom. The van der Waals surface area contributed by atoms with Crippen molar-refractivity contribution in [2.45, 2.75) is 39.7 Å². The second-order valence-electron chi connectivity index (χ2n) is 5.69. The summed E-state index contributed by atoms with van der Waals surface area (Å²) in [5, 5.41) is 0. The van der Waals surface area contributed by atoms with E-state index in [-0.39, 0.29) is 24.4 Å². The molecule has 2 atom stereocenters. The first kappa shape index (κ1) is 12.4. The van der Waals surface area contributed by atoms with Crippen LogP contribution in [-0.2, 0) is 9.59 Å². The van der Waals surface area contributed by atoms with Crippen LogP contribution in [0.3, 0.4) is 0 Å². The van der Waals surface area contributed by atoms with Gasteiger partial charge >= 0.3 is 0 Å². The first-order valence-corrected chi connectivity index (χ1v) is 6.59. The van der Waals surface area contributed by atoms with Gasteiger partial charge in [0.1, 0.15) is 6.04 Å². The van der Waals surface area contributed by atoms with Crippen LogP contribution in [0.4, 0.5) is 0 Å². The van der Waals surface area contributed by atoms with E-state index in [1.807, 2.05) is 0 Å². The summed E-state index contributed by atoms with van der Waals surface area (Å²) < 4.78 is 0. The number of hydrogen-bond donors (Lipinski definition) is 0. The van der Waals surface area contributed by atoms with Crippen LogP contribution in [0.2, 0.25) is 0 Å². The Morgan fingerprint density at radius 1 is 1.29 bits per heavy atom. The minimum atomic E-state index is -0.157. The van der Waals surface area contributed by atoms with E-state index in [4.69, 9.17) is 0 Å². The average molecular weight is 238 g/mol. The molecule has 96 valence electrons. The molecule has 2 amide bonds. The Labute approximate surface area is 103 Å². The van der Waals surface area contributed by atoms with Gasteiger partial charge in [0.2, 0.25) is 11.8 Å². The molecule has 2 aliphatic rings. The maximum absolute atomic E-state index is 12.2. The third kappa shape index (κ3) is 2.31. The van der Waals surface area contributed by atoms with Crippen LogP contribution >= 0.6 is 0 Å². The minimum absolute atomic E-state index is 0.128. The van der Waals surface area contributed by atoms with Gasteiger partial charge in [0.15, 0.2) is 0 Å². The van der Waals surface area contributed by atoms with Gasteiger partial charge in [0, 0.05) is 13.1 Å². The number of fused-ring (bicyclic) bond motifs is 1. The average Bonchev–Trinajstić information content (AvgIpc) is 2.74. The minimum Gasteiger partial charge on any atom is -0.331 e. The molecular weight excluding hydrogens is 216 g/mol. The van der Waals surface area contributed by atoms with Gasteiger partial charge in [-0.2, -0.15) is 0 Å². The summed E-state index contributed by atoms with van der Waals surface area (Å²) in [7, 11) is 0. The van der Waals surface area contributed by atoms with Crippen LogP contribution in [0.25, 0.3) is 0 Å². The highest BCUT2D eigenvalue weighted by atomic mass is 16.2. The molecule has 0 saturated carbocycles. The molecule has 0 spiro atoms. The van der Waals surface area contributed by atoms with E-state index in [9.17, 15) is 9.59 Å². The normalized spacial score (nSPS) is 26.7. The van der Waals surface area contributed by atoms with E-state index in [0.717, 1.165) is 19.4 Å². The number of piperazine rings is 1. The zero-order chi connectivity index (χ0) is 12.6. The first-order valence-electron chi connectivity index (χ1n) is 6.59. The molecule has 2 rings (SSSR count). The van der Waals surface area contributed by atoms with E-state index in [2.05, 4.69) is 20.8 Å². The lowest BCUT2D eigenvalue weighted by Crippen LogP contribution is -2.58. The van der Waals surface area contributed by atoms with Gasteiger partial charge in [-0.1, -0.05) is 20.8 Å². The molecule has 0 aromatic carbocycles. The highest BCUT2D eigenvalue weighted by molar-refractivity contribution is 5.95. The fraction of sp³-hybridized carbons (Fsp3) is 0.846. The molecule has 0 aromatic heterocycles. The maximum Gasteiger partial charge on any atom is 0.245 e. The molecule has 0 bridgehead atoms. The third-order valence-corrected chi connectivity index (χ3v) is 4.14. The van der Waals surface area contributed by atoms with Crippen molar-refractivity contribution in [2.24, 2.45) is 11.8 Å². The van der Waals surface area contributed by atoms with Gasteiger partial charge in [-0.05, 0) is 24.7 Å². The largest absolute Gasteiger partial charge is 0.331 e. The Balaban J connectivity index is 2.04. The summed E-state index contributed by atoms with van der Waals surface area (Å²) in [5.41, 5.74) is 0. The van der Waals surface area contributed by atoms with E-state index >= 15 is 0 Å². The Kier molecular flexibility index (Phi) is 3.40. The summed E-state index contributed by atoms with van der Waals surface area (Å²) in [5.74, 6) is 1.27. The summed E-state index contributed by atoms with van der Waals surface area (Å²) in [4.78, 5) is 27.7. The zero-order valence-corrected chi connectivity index (χ0v) is 11.0. The number of carbonyl (C=O) groups excluding carboxylic acids is 2. The molecule has 4 nitrogen and oxygen atoms in total. The second-order valence-corrected chi connectivity index (χ2v) is 5.69. The van der Waals surface area contributed by atoms with Crippen molar-refractivity contribution in [3.05, 3.63) is 0 Å². The van der Waals surface area contributed by atoms with Crippen LogP contribution in [0.15, 0.2) is 0 Å².